The van der Waals surface area contributed by atoms with Gasteiger partial charge in [0, 0.05) is 33.9 Å². The van der Waals surface area contributed by atoms with Crippen LogP contribution in [0.1, 0.15) is 6.42 Å². The molecule has 9 heteroatoms. The molecular weight excluding hydrogens is 284 g/mol. The van der Waals surface area contributed by atoms with Crippen LogP contribution in [0.4, 0.5) is 5.95 Å². The third-order valence-corrected chi connectivity index (χ3v) is 4.44. The first-order chi connectivity index (χ1) is 9.52. The summed E-state index contributed by atoms with van der Waals surface area (Å²) >= 11 is 0. The van der Waals surface area contributed by atoms with Crippen LogP contribution in [0.2, 0.25) is 0 Å². The predicted octanol–water partition coefficient (Wildman–Crippen LogP) is -0.268. The van der Waals surface area contributed by atoms with Crippen LogP contribution >= 0.6 is 0 Å². The second-order valence-corrected chi connectivity index (χ2v) is 5.96. The lowest BCUT2D eigenvalue weighted by atomic mass is 10.4. The fraction of sp³-hybridized carbons (Fsp3) is 0.636. The van der Waals surface area contributed by atoms with E-state index in [2.05, 4.69) is 9.97 Å². The molecule has 0 unspecified atom stereocenters. The highest BCUT2D eigenvalue weighted by Crippen LogP contribution is 2.14. The molecule has 0 spiro atoms. The number of nitrogen functional groups attached to an aromatic ring is 1. The molecule has 0 atom stereocenters. The van der Waals surface area contributed by atoms with Gasteiger partial charge in [-0.1, -0.05) is 0 Å². The highest BCUT2D eigenvalue weighted by molar-refractivity contribution is 7.89. The molecule has 1 heterocycles. The van der Waals surface area contributed by atoms with Gasteiger partial charge in [0.15, 0.2) is 0 Å². The maximum absolute atomic E-state index is 12.5. The molecule has 1 aromatic heterocycles. The number of anilines is 1. The normalized spacial score (nSPS) is 11.9. The van der Waals surface area contributed by atoms with Gasteiger partial charge in [-0.3, -0.25) is 0 Å². The number of ether oxygens (including phenoxy) is 2. The number of hydrogen-bond acceptors (Lipinski definition) is 7. The van der Waals surface area contributed by atoms with Crippen LogP contribution < -0.4 is 5.73 Å². The molecule has 0 amide bonds. The first kappa shape index (κ1) is 16.8. The molecule has 0 fully saturated rings. The van der Waals surface area contributed by atoms with Gasteiger partial charge in [-0.05, 0) is 6.42 Å². The lowest BCUT2D eigenvalue weighted by Crippen LogP contribution is -2.35. The minimum absolute atomic E-state index is 0.0141. The summed E-state index contributed by atoms with van der Waals surface area (Å²) in [6.45, 7) is 1.39. The van der Waals surface area contributed by atoms with E-state index >= 15 is 0 Å². The van der Waals surface area contributed by atoms with Crippen LogP contribution in [0.5, 0.6) is 0 Å². The average Bonchev–Trinajstić information content (AvgIpc) is 2.43. The van der Waals surface area contributed by atoms with Crippen molar-refractivity contribution >= 4 is 16.0 Å². The van der Waals surface area contributed by atoms with Crippen LogP contribution in [0.25, 0.3) is 0 Å². The zero-order valence-electron chi connectivity index (χ0n) is 11.7. The standard InChI is InChI=1S/C11H20N4O4S/c1-18-6-3-4-15(5-7-19-2)20(16,17)10-8-13-11(12)14-9-10/h8-9H,3-7H2,1-2H3,(H2,12,13,14). The SMILES string of the molecule is COCCCN(CCOC)S(=O)(=O)c1cnc(N)nc1. The van der Waals surface area contributed by atoms with Crippen LogP contribution in [0, 0.1) is 0 Å². The quantitative estimate of drug-likeness (QED) is 0.626. The second-order valence-electron chi connectivity index (χ2n) is 4.02. The number of nitrogens with zero attached hydrogens (tertiary/aromatic N) is 3. The number of aromatic nitrogens is 2. The molecule has 8 nitrogen and oxygen atoms in total. The maximum atomic E-state index is 12.5. The monoisotopic (exact) mass is 304 g/mol. The van der Waals surface area contributed by atoms with Crippen molar-refractivity contribution in [3.63, 3.8) is 0 Å². The van der Waals surface area contributed by atoms with E-state index in [1.807, 2.05) is 0 Å². The Bertz CT molecular complexity index is 492. The summed E-state index contributed by atoms with van der Waals surface area (Å²) in [7, 11) is -0.562. The Kier molecular flexibility index (Phi) is 6.79. The van der Waals surface area contributed by atoms with Crippen LogP contribution in [0.3, 0.4) is 0 Å². The van der Waals surface area contributed by atoms with Gasteiger partial charge in [-0.25, -0.2) is 18.4 Å². The Balaban J connectivity index is 2.88. The summed E-state index contributed by atoms with van der Waals surface area (Å²) in [4.78, 5) is 7.43. The summed E-state index contributed by atoms with van der Waals surface area (Å²) in [5.41, 5.74) is 5.36. The zero-order valence-corrected chi connectivity index (χ0v) is 12.5. The Hall–Kier alpha value is -1.29. The third kappa shape index (κ3) is 4.67. The van der Waals surface area contributed by atoms with Crippen molar-refractivity contribution in [1.29, 1.82) is 0 Å². The molecule has 0 aliphatic heterocycles. The summed E-state index contributed by atoms with van der Waals surface area (Å²) in [5.74, 6) is 0.0341. The molecular formula is C11H20N4O4S. The van der Waals surface area contributed by atoms with E-state index in [1.54, 1.807) is 7.11 Å². The van der Waals surface area contributed by atoms with E-state index < -0.39 is 10.0 Å². The average molecular weight is 304 g/mol. The lowest BCUT2D eigenvalue weighted by molar-refractivity contribution is 0.164. The van der Waals surface area contributed by atoms with Crippen molar-refractivity contribution in [2.45, 2.75) is 11.3 Å². The largest absolute Gasteiger partial charge is 0.385 e. The maximum Gasteiger partial charge on any atom is 0.246 e. The summed E-state index contributed by atoms with van der Waals surface area (Å²) in [6.07, 6.45) is 3.00. The molecule has 0 radical (unpaired) electrons. The van der Waals surface area contributed by atoms with Crippen molar-refractivity contribution in [3.8, 4) is 0 Å². The number of rotatable bonds is 9. The van der Waals surface area contributed by atoms with Crippen LogP contribution in [-0.4, -0.2) is 63.2 Å². The molecule has 0 bridgehead atoms. The summed E-state index contributed by atoms with van der Waals surface area (Å²) in [5, 5.41) is 0. The van der Waals surface area contributed by atoms with Gasteiger partial charge in [0.1, 0.15) is 4.90 Å². The molecule has 0 aliphatic rings. The molecule has 0 aliphatic carbocycles. The minimum Gasteiger partial charge on any atom is -0.385 e. The van der Waals surface area contributed by atoms with Gasteiger partial charge in [0.05, 0.1) is 19.0 Å². The first-order valence-corrected chi connectivity index (χ1v) is 7.52. The van der Waals surface area contributed by atoms with Gasteiger partial charge in [0.2, 0.25) is 16.0 Å². The molecule has 1 aromatic rings. The topological polar surface area (TPSA) is 108 Å². The smallest absolute Gasteiger partial charge is 0.246 e. The van der Waals surface area contributed by atoms with Gasteiger partial charge in [-0.15, -0.1) is 0 Å². The van der Waals surface area contributed by atoms with Crippen molar-refractivity contribution in [1.82, 2.24) is 14.3 Å². The molecule has 1 rings (SSSR count). The first-order valence-electron chi connectivity index (χ1n) is 6.08. The van der Waals surface area contributed by atoms with Crippen molar-refractivity contribution in [2.75, 3.05) is 46.3 Å². The fourth-order valence-corrected chi connectivity index (χ4v) is 2.89. The Labute approximate surface area is 119 Å². The van der Waals surface area contributed by atoms with Gasteiger partial charge >= 0.3 is 0 Å². The Morgan fingerprint density at radius 3 is 2.30 bits per heavy atom. The van der Waals surface area contributed by atoms with Gasteiger partial charge < -0.3 is 15.2 Å². The second kappa shape index (κ2) is 8.10. The van der Waals surface area contributed by atoms with Crippen molar-refractivity contribution in [3.05, 3.63) is 12.4 Å². The summed E-state index contributed by atoms with van der Waals surface area (Å²) in [6, 6.07) is 0. The molecule has 2 N–H and O–H groups in total. The van der Waals surface area contributed by atoms with Crippen LogP contribution in [0.15, 0.2) is 17.3 Å². The molecule has 0 saturated carbocycles. The minimum atomic E-state index is -3.65. The summed E-state index contributed by atoms with van der Waals surface area (Å²) < 4.78 is 36.1. The van der Waals surface area contributed by atoms with Gasteiger partial charge in [-0.2, -0.15) is 4.31 Å². The number of sulfonamides is 1. The lowest BCUT2D eigenvalue weighted by Gasteiger charge is -2.21. The highest BCUT2D eigenvalue weighted by atomic mass is 32.2. The molecule has 0 aromatic carbocycles. The van der Waals surface area contributed by atoms with E-state index in [1.165, 1.54) is 23.8 Å². The van der Waals surface area contributed by atoms with Crippen molar-refractivity contribution < 1.29 is 17.9 Å². The Morgan fingerprint density at radius 1 is 1.15 bits per heavy atom. The number of nitrogens with two attached hydrogens (primary N) is 1. The van der Waals surface area contributed by atoms with Crippen LogP contribution in [-0.2, 0) is 19.5 Å². The van der Waals surface area contributed by atoms with E-state index in [0.717, 1.165) is 0 Å². The molecule has 0 saturated heterocycles. The fourth-order valence-electron chi connectivity index (χ4n) is 1.54. The predicted molar refractivity (Wildman–Crippen MR) is 73.6 cm³/mol. The van der Waals surface area contributed by atoms with Crippen molar-refractivity contribution in [2.24, 2.45) is 0 Å². The third-order valence-electron chi connectivity index (χ3n) is 2.59. The Morgan fingerprint density at radius 2 is 1.75 bits per heavy atom. The molecule has 20 heavy (non-hydrogen) atoms. The number of hydrogen-bond donors (Lipinski definition) is 1. The van der Waals surface area contributed by atoms with E-state index in [9.17, 15) is 8.42 Å². The zero-order chi connectivity index (χ0) is 15.0. The van der Waals surface area contributed by atoms with E-state index in [0.29, 0.717) is 26.2 Å². The van der Waals surface area contributed by atoms with E-state index in [-0.39, 0.29) is 17.4 Å². The number of methoxy groups -OCH3 is 2. The highest BCUT2D eigenvalue weighted by Gasteiger charge is 2.24. The van der Waals surface area contributed by atoms with E-state index in [4.69, 9.17) is 15.2 Å². The molecule has 114 valence electrons. The van der Waals surface area contributed by atoms with Gasteiger partial charge in [0.25, 0.3) is 0 Å².